The first-order valence-electron chi connectivity index (χ1n) is 10.1. The molecule has 0 bridgehead atoms. The minimum absolute atomic E-state index is 0.0698. The molecule has 168 valence electrons. The fourth-order valence-electron chi connectivity index (χ4n) is 4.29. The summed E-state index contributed by atoms with van der Waals surface area (Å²) in [6, 6.07) is 7.64. The highest BCUT2D eigenvalue weighted by Crippen LogP contribution is 2.36. The summed E-state index contributed by atoms with van der Waals surface area (Å²) in [6.07, 6.45) is -2.25. The average Bonchev–Trinajstić information content (AvgIpc) is 2.75. The lowest BCUT2D eigenvalue weighted by molar-refractivity contribution is -0.168. The average molecular weight is 447 g/mol. The number of hydrogen-bond acceptors (Lipinski definition) is 3. The van der Waals surface area contributed by atoms with Crippen LogP contribution in [0.15, 0.2) is 42.5 Å². The van der Waals surface area contributed by atoms with Gasteiger partial charge in [0.15, 0.2) is 11.6 Å². The summed E-state index contributed by atoms with van der Waals surface area (Å²) >= 11 is 0. The molecule has 2 heterocycles. The molecule has 2 aliphatic rings. The number of nitrogens with zero attached hydrogens (tertiary/aromatic N) is 3. The van der Waals surface area contributed by atoms with E-state index in [9.17, 15) is 32.7 Å². The van der Waals surface area contributed by atoms with Gasteiger partial charge in [0.2, 0.25) is 11.8 Å². The molecule has 32 heavy (non-hydrogen) atoms. The van der Waals surface area contributed by atoms with Crippen LogP contribution in [-0.2, 0) is 16.0 Å². The van der Waals surface area contributed by atoms with E-state index >= 15 is 0 Å². The van der Waals surface area contributed by atoms with Gasteiger partial charge in [-0.2, -0.15) is 0 Å². The fourth-order valence-corrected chi connectivity index (χ4v) is 4.29. The van der Waals surface area contributed by atoms with Crippen molar-refractivity contribution < 1.29 is 32.7 Å². The number of carbonyl (C=O) groups is 3. The number of halogens is 3. The van der Waals surface area contributed by atoms with Gasteiger partial charge in [-0.25, -0.2) is 18.0 Å². The monoisotopic (exact) mass is 447 g/mol. The Balaban J connectivity index is 1.71. The van der Waals surface area contributed by atoms with Gasteiger partial charge in [0.05, 0.1) is 6.54 Å². The van der Waals surface area contributed by atoms with Crippen LogP contribution in [0.2, 0.25) is 0 Å². The van der Waals surface area contributed by atoms with E-state index in [-0.39, 0.29) is 38.0 Å². The summed E-state index contributed by atoms with van der Waals surface area (Å²) in [6.45, 7) is -0.110. The fraction of sp³-hybridized carbons (Fsp3) is 0.318. The van der Waals surface area contributed by atoms with Crippen LogP contribution in [0.25, 0.3) is 0 Å². The second-order valence-corrected chi connectivity index (χ2v) is 7.72. The van der Waals surface area contributed by atoms with Gasteiger partial charge in [-0.05, 0) is 30.2 Å². The van der Waals surface area contributed by atoms with Crippen molar-refractivity contribution in [1.82, 2.24) is 14.7 Å². The Kier molecular flexibility index (Phi) is 5.77. The second kappa shape index (κ2) is 8.52. The Hall–Kier alpha value is -3.56. The van der Waals surface area contributed by atoms with Crippen LogP contribution in [0.1, 0.15) is 23.6 Å². The molecule has 0 radical (unpaired) electrons. The largest absolute Gasteiger partial charge is 0.465 e. The quantitative estimate of drug-likeness (QED) is 0.782. The number of piperazine rings is 1. The van der Waals surface area contributed by atoms with Crippen molar-refractivity contribution in [2.75, 3.05) is 19.6 Å². The molecule has 3 amide bonds. The Bertz CT molecular complexity index is 1080. The van der Waals surface area contributed by atoms with Crippen molar-refractivity contribution in [1.29, 1.82) is 0 Å². The predicted octanol–water partition coefficient (Wildman–Crippen LogP) is 2.77. The topological polar surface area (TPSA) is 81.2 Å². The van der Waals surface area contributed by atoms with E-state index in [0.29, 0.717) is 5.56 Å². The third-order valence-electron chi connectivity index (χ3n) is 5.82. The standard InChI is InChI=1S/C22H20F3N3O4/c23-14-4-1-3-13(11-14)7-9-26-12-17-27(22(31)32)10-8-18(29)28(17)20(21(26)30)15-5-2-6-16(24)19(15)25/h1-6,11,17,20H,7-10,12H2,(H,31,32). The third-order valence-corrected chi connectivity index (χ3v) is 5.82. The molecule has 2 atom stereocenters. The van der Waals surface area contributed by atoms with E-state index in [2.05, 4.69) is 0 Å². The highest BCUT2D eigenvalue weighted by molar-refractivity contribution is 5.91. The first-order chi connectivity index (χ1) is 15.3. The number of amides is 3. The lowest BCUT2D eigenvalue weighted by Crippen LogP contribution is -2.68. The molecule has 7 nitrogen and oxygen atoms in total. The van der Waals surface area contributed by atoms with E-state index in [0.717, 1.165) is 15.9 Å². The zero-order chi connectivity index (χ0) is 23.0. The maximum Gasteiger partial charge on any atom is 0.409 e. The molecular weight excluding hydrogens is 427 g/mol. The highest BCUT2D eigenvalue weighted by atomic mass is 19.2. The van der Waals surface area contributed by atoms with Gasteiger partial charge in [-0.15, -0.1) is 0 Å². The van der Waals surface area contributed by atoms with E-state index in [1.807, 2.05) is 0 Å². The van der Waals surface area contributed by atoms with Crippen LogP contribution in [0, 0.1) is 17.5 Å². The zero-order valence-electron chi connectivity index (χ0n) is 16.9. The predicted molar refractivity (Wildman–Crippen MR) is 106 cm³/mol. The van der Waals surface area contributed by atoms with Crippen molar-refractivity contribution in [3.63, 3.8) is 0 Å². The summed E-state index contributed by atoms with van der Waals surface area (Å²) in [7, 11) is 0. The van der Waals surface area contributed by atoms with Gasteiger partial charge in [0, 0.05) is 25.1 Å². The SMILES string of the molecule is O=C1C(c2cccc(F)c2F)N2C(=O)CCN(C(=O)O)C2CN1CCc1cccc(F)c1. The van der Waals surface area contributed by atoms with E-state index < -0.39 is 47.6 Å². The first-order valence-corrected chi connectivity index (χ1v) is 10.1. The Labute approximate surface area is 181 Å². The Morgan fingerprint density at radius 1 is 1.09 bits per heavy atom. The smallest absolute Gasteiger partial charge is 0.409 e. The molecule has 1 N–H and O–H groups in total. The van der Waals surface area contributed by atoms with E-state index in [1.54, 1.807) is 6.07 Å². The van der Waals surface area contributed by atoms with Crippen molar-refractivity contribution in [3.8, 4) is 0 Å². The van der Waals surface area contributed by atoms with Gasteiger partial charge < -0.3 is 14.9 Å². The lowest BCUT2D eigenvalue weighted by atomic mass is 9.96. The van der Waals surface area contributed by atoms with Crippen LogP contribution in [0.4, 0.5) is 18.0 Å². The van der Waals surface area contributed by atoms with Crippen LogP contribution >= 0.6 is 0 Å². The molecule has 2 aromatic carbocycles. The van der Waals surface area contributed by atoms with Crippen molar-refractivity contribution in [2.24, 2.45) is 0 Å². The Morgan fingerprint density at radius 3 is 2.56 bits per heavy atom. The number of carbonyl (C=O) groups excluding carboxylic acids is 2. The van der Waals surface area contributed by atoms with Crippen LogP contribution < -0.4 is 0 Å². The van der Waals surface area contributed by atoms with Crippen molar-refractivity contribution in [3.05, 3.63) is 71.0 Å². The summed E-state index contributed by atoms with van der Waals surface area (Å²) in [4.78, 5) is 41.2. The Morgan fingerprint density at radius 2 is 1.84 bits per heavy atom. The van der Waals surface area contributed by atoms with E-state index in [4.69, 9.17) is 0 Å². The highest BCUT2D eigenvalue weighted by Gasteiger charge is 2.50. The third kappa shape index (κ3) is 3.88. The molecular formula is C22H20F3N3O4. The maximum absolute atomic E-state index is 14.7. The van der Waals surface area contributed by atoms with Gasteiger partial charge in [0.25, 0.3) is 0 Å². The summed E-state index contributed by atoms with van der Waals surface area (Å²) < 4.78 is 42.1. The molecule has 0 saturated carbocycles. The minimum Gasteiger partial charge on any atom is -0.465 e. The van der Waals surface area contributed by atoms with Crippen molar-refractivity contribution >= 4 is 17.9 Å². The number of benzene rings is 2. The molecule has 2 saturated heterocycles. The molecule has 0 aliphatic carbocycles. The van der Waals surface area contributed by atoms with Gasteiger partial charge >= 0.3 is 6.09 Å². The molecule has 2 unspecified atom stereocenters. The number of carboxylic acid groups (broad SMARTS) is 1. The summed E-state index contributed by atoms with van der Waals surface area (Å²) in [5, 5.41) is 9.62. The summed E-state index contributed by atoms with van der Waals surface area (Å²) in [5.74, 6) is -4.05. The maximum atomic E-state index is 14.7. The molecule has 10 heteroatoms. The zero-order valence-corrected chi connectivity index (χ0v) is 16.9. The van der Waals surface area contributed by atoms with Crippen LogP contribution in [-0.4, -0.2) is 63.5 Å². The van der Waals surface area contributed by atoms with E-state index in [1.165, 1.54) is 35.2 Å². The number of fused-ring (bicyclic) bond motifs is 1. The molecule has 4 rings (SSSR count). The number of rotatable bonds is 4. The van der Waals surface area contributed by atoms with Crippen LogP contribution in [0.3, 0.4) is 0 Å². The van der Waals surface area contributed by atoms with Crippen molar-refractivity contribution in [2.45, 2.75) is 25.0 Å². The normalized spacial score (nSPS) is 21.0. The van der Waals surface area contributed by atoms with Gasteiger partial charge in [-0.3, -0.25) is 14.5 Å². The van der Waals surface area contributed by atoms with Gasteiger partial charge in [0.1, 0.15) is 18.0 Å². The molecule has 0 aromatic heterocycles. The molecule has 2 fully saturated rings. The van der Waals surface area contributed by atoms with Gasteiger partial charge in [-0.1, -0.05) is 24.3 Å². The molecule has 0 spiro atoms. The molecule has 2 aliphatic heterocycles. The second-order valence-electron chi connectivity index (χ2n) is 7.72. The first kappa shape index (κ1) is 21.7. The molecule has 2 aromatic rings. The van der Waals surface area contributed by atoms with Crippen LogP contribution in [0.5, 0.6) is 0 Å². The number of hydrogen-bond donors (Lipinski definition) is 1. The minimum atomic E-state index is -1.51. The summed E-state index contributed by atoms with van der Waals surface area (Å²) in [5.41, 5.74) is 0.277. The lowest BCUT2D eigenvalue weighted by Gasteiger charge is -2.51.